The second kappa shape index (κ2) is 8.12. The number of carbonyl (C=O) groups excluding carboxylic acids is 2. The number of nitriles is 1. The molecule has 1 saturated heterocycles. The Morgan fingerprint density at radius 2 is 1.71 bits per heavy atom. The van der Waals surface area contributed by atoms with Gasteiger partial charge < -0.3 is 10.6 Å². The van der Waals surface area contributed by atoms with Gasteiger partial charge in [-0.2, -0.15) is 5.26 Å². The first kappa shape index (κ1) is 21.9. The van der Waals surface area contributed by atoms with Gasteiger partial charge >= 0.3 is 0 Å². The number of carbonyl (C=O) groups is 2. The van der Waals surface area contributed by atoms with E-state index in [1.54, 1.807) is 30.3 Å². The van der Waals surface area contributed by atoms with Crippen molar-refractivity contribution >= 4 is 35.1 Å². The Kier molecular flexibility index (Phi) is 5.22. The van der Waals surface area contributed by atoms with Crippen LogP contribution in [0.2, 0.25) is 5.02 Å². The monoisotopic (exact) mass is 471 g/mol. The summed E-state index contributed by atoms with van der Waals surface area (Å²) in [5, 5.41) is 10.9. The van der Waals surface area contributed by atoms with E-state index in [4.69, 9.17) is 17.3 Å². The number of para-hydroxylation sites is 1. The zero-order valence-corrected chi connectivity index (χ0v) is 18.6. The van der Waals surface area contributed by atoms with Gasteiger partial charge in [0.15, 0.2) is 11.2 Å². The first-order valence-corrected chi connectivity index (χ1v) is 11.1. The van der Waals surface area contributed by atoms with Crippen LogP contribution in [0.1, 0.15) is 27.4 Å². The number of anilines is 1. The average Bonchev–Trinajstić information content (AvgIpc) is 3.16. The van der Waals surface area contributed by atoms with Gasteiger partial charge in [0.05, 0.1) is 12.1 Å². The van der Waals surface area contributed by atoms with Gasteiger partial charge in [-0.05, 0) is 53.6 Å². The normalized spacial score (nSPS) is 24.7. The predicted molar refractivity (Wildman–Crippen MR) is 128 cm³/mol. The molecule has 0 unspecified atom stereocenters. The summed E-state index contributed by atoms with van der Waals surface area (Å²) in [7, 11) is 0. The van der Waals surface area contributed by atoms with E-state index in [9.17, 15) is 19.2 Å². The number of amides is 1. The summed E-state index contributed by atoms with van der Waals surface area (Å²) < 4.78 is 13.6. The van der Waals surface area contributed by atoms with Gasteiger partial charge in [0.25, 0.3) is 0 Å². The molecule has 0 bridgehead atoms. The van der Waals surface area contributed by atoms with Crippen LogP contribution in [0.5, 0.6) is 0 Å². The van der Waals surface area contributed by atoms with Crippen molar-refractivity contribution in [1.82, 2.24) is 0 Å². The van der Waals surface area contributed by atoms with Crippen LogP contribution in [-0.2, 0) is 4.79 Å². The molecule has 0 spiro atoms. The summed E-state index contributed by atoms with van der Waals surface area (Å²) in [6.45, 7) is 0. The number of primary amides is 1. The van der Waals surface area contributed by atoms with Crippen LogP contribution in [-0.4, -0.2) is 23.8 Å². The van der Waals surface area contributed by atoms with Gasteiger partial charge in [-0.25, -0.2) is 4.39 Å². The molecule has 3 aromatic rings. The molecule has 5 nitrogen and oxygen atoms in total. The second-order valence-electron chi connectivity index (χ2n) is 8.46. The lowest BCUT2D eigenvalue weighted by Gasteiger charge is -2.36. The number of benzene rings is 3. The Bertz CT molecular complexity index is 1360. The van der Waals surface area contributed by atoms with Crippen LogP contribution in [0.3, 0.4) is 0 Å². The van der Waals surface area contributed by atoms with Crippen LogP contribution in [0.25, 0.3) is 6.08 Å². The molecule has 0 radical (unpaired) electrons. The zero-order valence-electron chi connectivity index (χ0n) is 17.9. The predicted octanol–water partition coefficient (Wildman–Crippen LogP) is 4.73. The largest absolute Gasteiger partial charge is 0.368 e. The molecule has 2 N–H and O–H groups in total. The van der Waals surface area contributed by atoms with E-state index in [0.29, 0.717) is 16.3 Å². The summed E-state index contributed by atoms with van der Waals surface area (Å²) in [4.78, 5) is 28.9. The van der Waals surface area contributed by atoms with Gasteiger partial charge in [0, 0.05) is 22.2 Å². The highest BCUT2D eigenvalue weighted by molar-refractivity contribution is 6.30. The minimum atomic E-state index is -1.74. The van der Waals surface area contributed by atoms with Crippen LogP contribution in [0, 0.1) is 22.6 Å². The van der Waals surface area contributed by atoms with Crippen molar-refractivity contribution in [3.63, 3.8) is 0 Å². The maximum absolute atomic E-state index is 14.0. The third kappa shape index (κ3) is 3.12. The highest BCUT2D eigenvalue weighted by atomic mass is 35.5. The fraction of sp³-hybridized carbons (Fsp3) is 0.148. The molecule has 2 aliphatic heterocycles. The van der Waals surface area contributed by atoms with Gasteiger partial charge in [0.1, 0.15) is 11.9 Å². The first-order valence-electron chi connectivity index (χ1n) is 10.7. The zero-order chi connectivity index (χ0) is 24.0. The van der Waals surface area contributed by atoms with Gasteiger partial charge in [-0.15, -0.1) is 0 Å². The lowest BCUT2D eigenvalue weighted by atomic mass is 9.67. The Hall–Kier alpha value is -3.95. The molecule has 168 valence electrons. The summed E-state index contributed by atoms with van der Waals surface area (Å²) in [5.41, 5.74) is 6.63. The number of ketones is 1. The number of hydrogen-bond acceptors (Lipinski definition) is 4. The summed E-state index contributed by atoms with van der Waals surface area (Å²) in [6.07, 6.45) is 3.60. The Morgan fingerprint density at radius 1 is 1.03 bits per heavy atom. The van der Waals surface area contributed by atoms with E-state index < -0.39 is 35.1 Å². The molecule has 0 aliphatic carbocycles. The molecule has 4 atom stereocenters. The number of fused-ring (bicyclic) bond motifs is 3. The molecular formula is C27H19ClFN3O2. The Labute approximate surface area is 200 Å². The minimum Gasteiger partial charge on any atom is -0.368 e. The minimum absolute atomic E-state index is 0.273. The van der Waals surface area contributed by atoms with Gasteiger partial charge in [-0.1, -0.05) is 54.1 Å². The van der Waals surface area contributed by atoms with Crippen molar-refractivity contribution in [3.8, 4) is 6.07 Å². The lowest BCUT2D eigenvalue weighted by molar-refractivity contribution is -0.125. The summed E-state index contributed by atoms with van der Waals surface area (Å²) in [5.74, 6) is -2.52. The van der Waals surface area contributed by atoms with E-state index in [1.165, 1.54) is 24.3 Å². The number of nitrogens with zero attached hydrogens (tertiary/aromatic N) is 2. The molecule has 2 heterocycles. The third-order valence-corrected chi connectivity index (χ3v) is 7.02. The van der Waals surface area contributed by atoms with Gasteiger partial charge in [0.2, 0.25) is 5.91 Å². The van der Waals surface area contributed by atoms with Crippen LogP contribution < -0.4 is 10.6 Å². The molecule has 0 aromatic heterocycles. The molecule has 1 fully saturated rings. The van der Waals surface area contributed by atoms with E-state index in [-0.39, 0.29) is 11.3 Å². The van der Waals surface area contributed by atoms with Crippen molar-refractivity contribution in [1.29, 1.82) is 5.26 Å². The van der Waals surface area contributed by atoms with Crippen molar-refractivity contribution < 1.29 is 14.0 Å². The van der Waals surface area contributed by atoms with Crippen LogP contribution >= 0.6 is 11.6 Å². The van der Waals surface area contributed by atoms with Crippen molar-refractivity contribution in [2.75, 3.05) is 4.90 Å². The van der Waals surface area contributed by atoms with E-state index in [0.717, 1.165) is 5.56 Å². The molecule has 7 heteroatoms. The second-order valence-corrected chi connectivity index (χ2v) is 8.90. The Balaban J connectivity index is 1.80. The molecule has 0 saturated carbocycles. The van der Waals surface area contributed by atoms with E-state index in [1.807, 2.05) is 35.2 Å². The lowest BCUT2D eigenvalue weighted by Crippen LogP contribution is -2.49. The molecule has 5 rings (SSSR count). The summed E-state index contributed by atoms with van der Waals surface area (Å²) in [6, 6.07) is 19.9. The molecular weight excluding hydrogens is 453 g/mol. The Morgan fingerprint density at radius 3 is 2.35 bits per heavy atom. The average molecular weight is 472 g/mol. The molecule has 2 aliphatic rings. The van der Waals surface area contributed by atoms with E-state index in [2.05, 4.69) is 6.07 Å². The number of halogens is 2. The van der Waals surface area contributed by atoms with Crippen molar-refractivity contribution in [2.24, 2.45) is 11.1 Å². The van der Waals surface area contributed by atoms with Crippen LogP contribution in [0.15, 0.2) is 78.9 Å². The number of rotatable bonds is 4. The maximum Gasteiger partial charge on any atom is 0.241 e. The quantitative estimate of drug-likeness (QED) is 0.557. The van der Waals surface area contributed by atoms with E-state index >= 15 is 0 Å². The number of nitrogens with two attached hydrogens (primary N) is 1. The van der Waals surface area contributed by atoms with Crippen molar-refractivity contribution in [2.45, 2.75) is 18.0 Å². The highest BCUT2D eigenvalue weighted by Crippen LogP contribution is 2.55. The fourth-order valence-electron chi connectivity index (χ4n) is 5.26. The number of Topliss-reactive ketones (excluding diaryl/α,β-unsaturated/α-hetero) is 1. The topological polar surface area (TPSA) is 87.2 Å². The third-order valence-electron chi connectivity index (χ3n) is 6.76. The summed E-state index contributed by atoms with van der Waals surface area (Å²) >= 11 is 6.10. The highest BCUT2D eigenvalue weighted by Gasteiger charge is 2.65. The molecule has 1 amide bonds. The standard InChI is InChI=1S/C27H19ClFN3O2/c28-19-10-5-17(6-11-19)23-24(25(33)18-7-12-20(29)13-8-18)32-21-4-2-1-3-16(21)9-14-22(32)27(23,15-30)26(31)34/h1-14,22-24H,(H2,31,34)/t22-,23-,24-,27-/m1/s1. The fourth-order valence-corrected chi connectivity index (χ4v) is 5.38. The maximum atomic E-state index is 14.0. The first-order chi connectivity index (χ1) is 16.4. The smallest absolute Gasteiger partial charge is 0.241 e. The SMILES string of the molecule is N#C[C@]1(C(N)=O)[C@H](c2ccc(Cl)cc2)[C@H](C(=O)c2ccc(F)cc2)N2c3ccccc3C=C[C@@H]21. The van der Waals surface area contributed by atoms with Crippen molar-refractivity contribution in [3.05, 3.63) is 106 Å². The van der Waals surface area contributed by atoms with Crippen LogP contribution in [0.4, 0.5) is 10.1 Å². The molecule has 3 aromatic carbocycles. The number of hydrogen-bond donors (Lipinski definition) is 1. The van der Waals surface area contributed by atoms with Gasteiger partial charge in [-0.3, -0.25) is 9.59 Å². The molecule has 34 heavy (non-hydrogen) atoms.